The first-order chi connectivity index (χ1) is 7.74. The van der Waals surface area contributed by atoms with Crippen molar-refractivity contribution < 1.29 is 14.3 Å². The van der Waals surface area contributed by atoms with Crippen LogP contribution in [0.25, 0.3) is 0 Å². The Morgan fingerprint density at radius 3 is 2.88 bits per heavy atom. The van der Waals surface area contributed by atoms with E-state index in [2.05, 4.69) is 26.0 Å². The van der Waals surface area contributed by atoms with Crippen LogP contribution in [0.1, 0.15) is 0 Å². The largest absolute Gasteiger partial charge is 0.491 e. The van der Waals surface area contributed by atoms with Crippen molar-refractivity contribution in [3.8, 4) is 5.75 Å². The van der Waals surface area contributed by atoms with Crippen LogP contribution in [0, 0.1) is 0 Å². The molecule has 0 aromatic heterocycles. The van der Waals surface area contributed by atoms with Gasteiger partial charge in [-0.2, -0.15) is 0 Å². The normalized spacial score (nSPS) is 9.88. The van der Waals surface area contributed by atoms with Gasteiger partial charge in [-0.15, -0.1) is 0 Å². The smallest absolute Gasteiger partial charge is 0.319 e. The minimum Gasteiger partial charge on any atom is -0.491 e. The average Bonchev–Trinajstić information content (AvgIpc) is 2.30. The van der Waals surface area contributed by atoms with Crippen molar-refractivity contribution in [2.45, 2.75) is 0 Å². The van der Waals surface area contributed by atoms with E-state index in [1.807, 2.05) is 24.3 Å². The molecule has 0 aliphatic rings. The standard InChI is InChI=1S/C11H14BrNO3/c1-15-11(14)8-13-6-7-16-10-5-3-2-4-9(10)12/h2-5,13H,6-8H2,1H3. The first-order valence-electron chi connectivity index (χ1n) is 4.89. The molecule has 1 aromatic rings. The summed E-state index contributed by atoms with van der Waals surface area (Å²) in [4.78, 5) is 10.8. The molecule has 0 bridgehead atoms. The summed E-state index contributed by atoms with van der Waals surface area (Å²) in [6.07, 6.45) is 0. The van der Waals surface area contributed by atoms with Gasteiger partial charge in [-0.25, -0.2) is 0 Å². The maximum absolute atomic E-state index is 10.8. The van der Waals surface area contributed by atoms with Gasteiger partial charge in [0.1, 0.15) is 12.4 Å². The van der Waals surface area contributed by atoms with Crippen molar-refractivity contribution in [3.63, 3.8) is 0 Å². The monoisotopic (exact) mass is 287 g/mol. The highest BCUT2D eigenvalue weighted by Crippen LogP contribution is 2.23. The fraction of sp³-hybridized carbons (Fsp3) is 0.364. The molecule has 5 heteroatoms. The third-order valence-electron chi connectivity index (χ3n) is 1.87. The second kappa shape index (κ2) is 7.24. The van der Waals surface area contributed by atoms with Crippen LogP contribution in [0.4, 0.5) is 0 Å². The molecule has 16 heavy (non-hydrogen) atoms. The van der Waals surface area contributed by atoms with E-state index in [1.165, 1.54) is 7.11 Å². The Kier molecular flexibility index (Phi) is 5.88. The highest BCUT2D eigenvalue weighted by atomic mass is 79.9. The number of ether oxygens (including phenoxy) is 2. The molecule has 0 amide bonds. The lowest BCUT2D eigenvalue weighted by molar-refractivity contribution is -0.139. The molecule has 0 atom stereocenters. The summed E-state index contributed by atoms with van der Waals surface area (Å²) >= 11 is 3.38. The quantitative estimate of drug-likeness (QED) is 0.638. The Hall–Kier alpha value is -1.07. The van der Waals surface area contributed by atoms with E-state index in [4.69, 9.17) is 4.74 Å². The van der Waals surface area contributed by atoms with Crippen LogP contribution < -0.4 is 10.1 Å². The summed E-state index contributed by atoms with van der Waals surface area (Å²) < 4.78 is 10.9. The highest BCUT2D eigenvalue weighted by Gasteiger charge is 2.00. The molecular weight excluding hydrogens is 274 g/mol. The molecule has 0 spiro atoms. The second-order valence-corrected chi connectivity index (χ2v) is 3.89. The predicted octanol–water partition coefficient (Wildman–Crippen LogP) is 1.59. The molecule has 1 N–H and O–H groups in total. The number of halogens is 1. The lowest BCUT2D eigenvalue weighted by Gasteiger charge is -2.08. The van der Waals surface area contributed by atoms with Crippen molar-refractivity contribution in [3.05, 3.63) is 28.7 Å². The van der Waals surface area contributed by atoms with Gasteiger partial charge in [-0.05, 0) is 28.1 Å². The molecule has 0 unspecified atom stereocenters. The summed E-state index contributed by atoms with van der Waals surface area (Å²) in [6, 6.07) is 7.62. The fourth-order valence-corrected chi connectivity index (χ4v) is 1.46. The summed E-state index contributed by atoms with van der Waals surface area (Å²) in [7, 11) is 1.36. The Morgan fingerprint density at radius 1 is 1.44 bits per heavy atom. The van der Waals surface area contributed by atoms with Gasteiger partial charge >= 0.3 is 5.97 Å². The van der Waals surface area contributed by atoms with E-state index >= 15 is 0 Å². The lowest BCUT2D eigenvalue weighted by Crippen LogP contribution is -2.27. The molecule has 0 radical (unpaired) electrons. The van der Waals surface area contributed by atoms with Crippen LogP contribution in [0.5, 0.6) is 5.75 Å². The summed E-state index contributed by atoms with van der Waals surface area (Å²) in [5.41, 5.74) is 0. The third kappa shape index (κ3) is 4.63. The van der Waals surface area contributed by atoms with Crippen molar-refractivity contribution in [2.24, 2.45) is 0 Å². The van der Waals surface area contributed by atoms with Gasteiger partial charge in [0, 0.05) is 6.54 Å². The van der Waals surface area contributed by atoms with Crippen molar-refractivity contribution >= 4 is 21.9 Å². The van der Waals surface area contributed by atoms with Crippen molar-refractivity contribution in [2.75, 3.05) is 26.8 Å². The summed E-state index contributed by atoms with van der Waals surface area (Å²) in [5, 5.41) is 2.91. The fourth-order valence-electron chi connectivity index (χ4n) is 1.06. The number of benzene rings is 1. The number of methoxy groups -OCH3 is 1. The van der Waals surface area contributed by atoms with Gasteiger partial charge in [-0.3, -0.25) is 4.79 Å². The van der Waals surface area contributed by atoms with Gasteiger partial charge in [0.2, 0.25) is 0 Å². The number of para-hydroxylation sites is 1. The topological polar surface area (TPSA) is 47.6 Å². The third-order valence-corrected chi connectivity index (χ3v) is 2.53. The maximum Gasteiger partial charge on any atom is 0.319 e. The van der Waals surface area contributed by atoms with Gasteiger partial charge in [0.05, 0.1) is 18.1 Å². The van der Waals surface area contributed by atoms with E-state index in [0.29, 0.717) is 13.2 Å². The molecule has 0 saturated heterocycles. The molecule has 0 saturated carbocycles. The zero-order chi connectivity index (χ0) is 11.8. The van der Waals surface area contributed by atoms with Crippen LogP contribution >= 0.6 is 15.9 Å². The predicted molar refractivity (Wildman–Crippen MR) is 64.5 cm³/mol. The summed E-state index contributed by atoms with van der Waals surface area (Å²) in [6.45, 7) is 1.30. The first kappa shape index (κ1) is 13.0. The van der Waals surface area contributed by atoms with Crippen molar-refractivity contribution in [1.29, 1.82) is 0 Å². The Morgan fingerprint density at radius 2 is 2.19 bits per heavy atom. The van der Waals surface area contributed by atoms with Crippen LogP contribution in [0.15, 0.2) is 28.7 Å². The highest BCUT2D eigenvalue weighted by molar-refractivity contribution is 9.10. The number of carbonyl (C=O) groups is 1. The first-order valence-corrected chi connectivity index (χ1v) is 5.68. The molecule has 0 aliphatic heterocycles. The average molecular weight is 288 g/mol. The lowest BCUT2D eigenvalue weighted by atomic mass is 10.3. The zero-order valence-electron chi connectivity index (χ0n) is 9.03. The van der Waals surface area contributed by atoms with E-state index in [-0.39, 0.29) is 12.5 Å². The van der Waals surface area contributed by atoms with E-state index < -0.39 is 0 Å². The number of carbonyl (C=O) groups excluding carboxylic acids is 1. The SMILES string of the molecule is COC(=O)CNCCOc1ccccc1Br. The summed E-state index contributed by atoms with van der Waals surface area (Å²) in [5.74, 6) is 0.517. The van der Waals surface area contributed by atoms with E-state index in [1.54, 1.807) is 0 Å². The molecule has 4 nitrogen and oxygen atoms in total. The minimum absolute atomic E-state index is 0.204. The number of rotatable bonds is 6. The molecule has 1 rings (SSSR count). The zero-order valence-corrected chi connectivity index (χ0v) is 10.6. The molecule has 1 aromatic carbocycles. The van der Waals surface area contributed by atoms with E-state index in [9.17, 15) is 4.79 Å². The Bertz CT molecular complexity index is 344. The van der Waals surface area contributed by atoms with Crippen LogP contribution in [-0.2, 0) is 9.53 Å². The van der Waals surface area contributed by atoms with Gasteiger partial charge in [-0.1, -0.05) is 12.1 Å². The maximum atomic E-state index is 10.8. The van der Waals surface area contributed by atoms with Gasteiger partial charge < -0.3 is 14.8 Å². The number of esters is 1. The number of nitrogens with one attached hydrogen (secondary N) is 1. The molecule has 0 aliphatic carbocycles. The minimum atomic E-state index is -0.277. The van der Waals surface area contributed by atoms with Crippen LogP contribution in [0.3, 0.4) is 0 Å². The molecule has 0 fully saturated rings. The van der Waals surface area contributed by atoms with Gasteiger partial charge in [0.25, 0.3) is 0 Å². The van der Waals surface area contributed by atoms with E-state index in [0.717, 1.165) is 10.2 Å². The molecule has 88 valence electrons. The second-order valence-electron chi connectivity index (χ2n) is 3.03. The Labute approximate surface area is 103 Å². The molecular formula is C11H14BrNO3. The number of hydrogen-bond donors (Lipinski definition) is 1. The van der Waals surface area contributed by atoms with Crippen LogP contribution in [0.2, 0.25) is 0 Å². The van der Waals surface area contributed by atoms with Crippen LogP contribution in [-0.4, -0.2) is 32.8 Å². The molecule has 0 heterocycles. The Balaban J connectivity index is 2.17. The number of hydrogen-bond acceptors (Lipinski definition) is 4. The van der Waals surface area contributed by atoms with Gasteiger partial charge in [0.15, 0.2) is 0 Å². The van der Waals surface area contributed by atoms with Crippen molar-refractivity contribution in [1.82, 2.24) is 5.32 Å².